The van der Waals surface area contributed by atoms with Crippen LogP contribution in [0, 0.1) is 0 Å². The maximum atomic E-state index is 12.5. The summed E-state index contributed by atoms with van der Waals surface area (Å²) in [6, 6.07) is -1.25. The summed E-state index contributed by atoms with van der Waals surface area (Å²) in [4.78, 5) is 12.5. The summed E-state index contributed by atoms with van der Waals surface area (Å²) in [6.45, 7) is 4.48. The van der Waals surface area contributed by atoms with Gasteiger partial charge in [-0.2, -0.15) is 8.42 Å². The van der Waals surface area contributed by atoms with E-state index < -0.39 is 40.0 Å². The molecule has 8 heteroatoms. The number of aliphatic hydroxyl groups is 2. The Hall–Kier alpha value is -1.48. The molecular formula is C39H73NO6S. The molecule has 7 nitrogen and oxygen atoms in total. The first-order valence-corrected chi connectivity index (χ1v) is 20.9. The van der Waals surface area contributed by atoms with Crippen LogP contribution >= 0.6 is 0 Å². The number of amides is 1. The molecule has 0 aliphatic carbocycles. The Morgan fingerprint density at radius 1 is 0.574 bits per heavy atom. The molecule has 0 radical (unpaired) electrons. The van der Waals surface area contributed by atoms with Gasteiger partial charge in [-0.1, -0.05) is 159 Å². The SMILES string of the molecule is CCCCCCCC/C=C\CCCCCCCCC(O)C(=O)NC(CS(=O)(=O)O)C(O)/C=C/CC/C=C/CCCCCCCCCC. The van der Waals surface area contributed by atoms with Crippen molar-refractivity contribution in [1.29, 1.82) is 0 Å². The molecule has 0 aliphatic rings. The molecule has 1 amide bonds. The summed E-state index contributed by atoms with van der Waals surface area (Å²) >= 11 is 0. The van der Waals surface area contributed by atoms with E-state index in [1.165, 1.54) is 115 Å². The Bertz CT molecular complexity index is 901. The van der Waals surface area contributed by atoms with Crippen LogP contribution in [0.4, 0.5) is 0 Å². The van der Waals surface area contributed by atoms with Gasteiger partial charge in [0.25, 0.3) is 10.1 Å². The molecule has 276 valence electrons. The smallest absolute Gasteiger partial charge is 0.267 e. The van der Waals surface area contributed by atoms with E-state index >= 15 is 0 Å². The van der Waals surface area contributed by atoms with E-state index in [1.807, 2.05) is 0 Å². The van der Waals surface area contributed by atoms with Gasteiger partial charge < -0.3 is 15.5 Å². The van der Waals surface area contributed by atoms with Crippen LogP contribution in [0.25, 0.3) is 0 Å². The summed E-state index contributed by atoms with van der Waals surface area (Å²) in [6.07, 6.45) is 39.1. The summed E-state index contributed by atoms with van der Waals surface area (Å²) in [5.41, 5.74) is 0. The van der Waals surface area contributed by atoms with Gasteiger partial charge in [-0.15, -0.1) is 0 Å². The third-order valence-corrected chi connectivity index (χ3v) is 9.43. The van der Waals surface area contributed by atoms with E-state index in [1.54, 1.807) is 6.08 Å². The highest BCUT2D eigenvalue weighted by atomic mass is 32.2. The minimum atomic E-state index is -4.45. The maximum Gasteiger partial charge on any atom is 0.267 e. The Labute approximate surface area is 289 Å². The highest BCUT2D eigenvalue weighted by Gasteiger charge is 2.27. The summed E-state index contributed by atoms with van der Waals surface area (Å²) in [7, 11) is -4.45. The highest BCUT2D eigenvalue weighted by Crippen LogP contribution is 2.13. The summed E-state index contributed by atoms with van der Waals surface area (Å²) < 4.78 is 32.4. The number of allylic oxidation sites excluding steroid dienone is 5. The molecule has 0 aromatic rings. The van der Waals surface area contributed by atoms with Crippen LogP contribution in [-0.2, 0) is 14.9 Å². The quantitative estimate of drug-likeness (QED) is 0.0304. The third-order valence-electron chi connectivity index (χ3n) is 8.65. The van der Waals surface area contributed by atoms with Gasteiger partial charge >= 0.3 is 0 Å². The van der Waals surface area contributed by atoms with Crippen LogP contribution in [0.1, 0.15) is 181 Å². The fourth-order valence-electron chi connectivity index (χ4n) is 5.64. The highest BCUT2D eigenvalue weighted by molar-refractivity contribution is 7.85. The lowest BCUT2D eigenvalue weighted by atomic mass is 10.0. The second-order valence-corrected chi connectivity index (χ2v) is 14.8. The number of carbonyl (C=O) groups excluding carboxylic acids is 1. The first kappa shape index (κ1) is 45.5. The molecule has 0 saturated heterocycles. The van der Waals surface area contributed by atoms with Crippen LogP contribution < -0.4 is 5.32 Å². The maximum absolute atomic E-state index is 12.5. The molecule has 0 aliphatic heterocycles. The van der Waals surface area contributed by atoms with E-state index in [2.05, 4.69) is 43.5 Å². The zero-order chi connectivity index (χ0) is 34.9. The second-order valence-electron chi connectivity index (χ2n) is 13.3. The molecule has 0 saturated carbocycles. The average molecular weight is 684 g/mol. The van der Waals surface area contributed by atoms with Gasteiger partial charge in [0.1, 0.15) is 6.10 Å². The molecule has 0 bridgehead atoms. The topological polar surface area (TPSA) is 124 Å². The Morgan fingerprint density at radius 2 is 0.957 bits per heavy atom. The standard InChI is InChI=1S/C39H73NO6S/c1-3-5-7-9-11-13-15-17-19-20-22-24-26-28-30-32-34-38(42)39(43)40-36(35-47(44,45)46)37(41)33-31-29-27-25-23-21-18-16-14-12-10-8-6-4-2/h17,19,23,25,31,33,36-38,41-42H,3-16,18,20-22,24,26-30,32,34-35H2,1-2H3,(H,40,43)(H,44,45,46)/b19-17-,25-23+,33-31+. The van der Waals surface area contributed by atoms with Gasteiger partial charge in [0.15, 0.2) is 0 Å². The molecule has 0 rings (SSSR count). The van der Waals surface area contributed by atoms with Crippen molar-refractivity contribution >= 4 is 16.0 Å². The Morgan fingerprint density at radius 3 is 1.40 bits per heavy atom. The zero-order valence-corrected chi connectivity index (χ0v) is 31.1. The van der Waals surface area contributed by atoms with E-state index in [-0.39, 0.29) is 6.42 Å². The lowest BCUT2D eigenvalue weighted by Gasteiger charge is -2.22. The van der Waals surface area contributed by atoms with Gasteiger partial charge in [-0.25, -0.2) is 0 Å². The van der Waals surface area contributed by atoms with Gasteiger partial charge in [0.05, 0.1) is 17.9 Å². The first-order chi connectivity index (χ1) is 22.7. The van der Waals surface area contributed by atoms with Gasteiger partial charge in [0, 0.05) is 0 Å². The van der Waals surface area contributed by atoms with Crippen molar-refractivity contribution in [3.05, 3.63) is 36.5 Å². The summed E-state index contributed by atoms with van der Waals surface area (Å²) in [5.74, 6) is -1.56. The van der Waals surface area contributed by atoms with E-state index in [0.29, 0.717) is 12.8 Å². The van der Waals surface area contributed by atoms with Gasteiger partial charge in [-0.05, 0) is 57.8 Å². The normalized spacial score (nSPS) is 14.4. The zero-order valence-electron chi connectivity index (χ0n) is 30.3. The van der Waals surface area contributed by atoms with Crippen molar-refractivity contribution in [3.8, 4) is 0 Å². The molecule has 0 aromatic carbocycles. The van der Waals surface area contributed by atoms with Gasteiger partial charge in [0.2, 0.25) is 5.91 Å². The number of aliphatic hydroxyl groups excluding tert-OH is 2. The van der Waals surface area contributed by atoms with Crippen molar-refractivity contribution in [3.63, 3.8) is 0 Å². The first-order valence-electron chi connectivity index (χ1n) is 19.3. The Kier molecular flexibility index (Phi) is 32.0. The molecular weight excluding hydrogens is 610 g/mol. The van der Waals surface area contributed by atoms with E-state index in [4.69, 9.17) is 0 Å². The number of unbranched alkanes of at least 4 members (excludes halogenated alkanes) is 21. The van der Waals surface area contributed by atoms with Crippen LogP contribution in [-0.4, -0.2) is 53.1 Å². The second kappa shape index (κ2) is 33.0. The summed E-state index contributed by atoms with van der Waals surface area (Å²) in [5, 5.41) is 23.3. The number of hydrogen-bond acceptors (Lipinski definition) is 5. The van der Waals surface area contributed by atoms with Crippen LogP contribution in [0.2, 0.25) is 0 Å². The molecule has 47 heavy (non-hydrogen) atoms. The monoisotopic (exact) mass is 684 g/mol. The van der Waals surface area contributed by atoms with Crippen molar-refractivity contribution in [2.75, 3.05) is 5.75 Å². The lowest BCUT2D eigenvalue weighted by Crippen LogP contribution is -2.50. The average Bonchev–Trinajstić information content (AvgIpc) is 3.03. The molecule has 3 atom stereocenters. The van der Waals surface area contributed by atoms with E-state index in [0.717, 1.165) is 38.5 Å². The lowest BCUT2D eigenvalue weighted by molar-refractivity contribution is -0.130. The van der Waals surface area contributed by atoms with Crippen molar-refractivity contribution in [2.45, 2.75) is 199 Å². The van der Waals surface area contributed by atoms with Crippen LogP contribution in [0.15, 0.2) is 36.5 Å². The van der Waals surface area contributed by atoms with Crippen LogP contribution in [0.5, 0.6) is 0 Å². The van der Waals surface area contributed by atoms with Crippen molar-refractivity contribution in [1.82, 2.24) is 5.32 Å². The fourth-order valence-corrected chi connectivity index (χ4v) is 6.38. The van der Waals surface area contributed by atoms with E-state index in [9.17, 15) is 28.0 Å². The molecule has 0 aromatic heterocycles. The van der Waals surface area contributed by atoms with Crippen LogP contribution in [0.3, 0.4) is 0 Å². The fraction of sp³-hybridized carbons (Fsp3) is 0.821. The van der Waals surface area contributed by atoms with Crippen molar-refractivity contribution < 1.29 is 28.0 Å². The minimum absolute atomic E-state index is 0.267. The molecule has 0 spiro atoms. The minimum Gasteiger partial charge on any atom is -0.387 e. The third kappa shape index (κ3) is 32.8. The number of rotatable bonds is 34. The Balaban J connectivity index is 4.14. The largest absolute Gasteiger partial charge is 0.387 e. The van der Waals surface area contributed by atoms with Gasteiger partial charge in [-0.3, -0.25) is 9.35 Å². The predicted molar refractivity (Wildman–Crippen MR) is 199 cm³/mol. The van der Waals surface area contributed by atoms with Crippen molar-refractivity contribution in [2.24, 2.45) is 0 Å². The molecule has 0 heterocycles. The predicted octanol–water partition coefficient (Wildman–Crippen LogP) is 9.93. The molecule has 3 unspecified atom stereocenters. The number of hydrogen-bond donors (Lipinski definition) is 4. The number of nitrogens with one attached hydrogen (secondary N) is 1. The number of carbonyl (C=O) groups is 1. The molecule has 0 fully saturated rings. The molecule has 4 N–H and O–H groups in total.